The second kappa shape index (κ2) is 6.84. The van der Waals surface area contributed by atoms with E-state index in [0.29, 0.717) is 10.7 Å². The van der Waals surface area contributed by atoms with Crippen molar-refractivity contribution < 1.29 is 19.2 Å². The number of nitro groups is 1. The van der Waals surface area contributed by atoms with Crippen LogP contribution in [0.5, 0.6) is 5.75 Å². The van der Waals surface area contributed by atoms with Crippen LogP contribution in [-0.2, 0) is 9.59 Å². The van der Waals surface area contributed by atoms with E-state index in [0.717, 1.165) is 4.90 Å². The largest absolute Gasteiger partial charge is 0.472 e. The number of pyridine rings is 1. The zero-order valence-electron chi connectivity index (χ0n) is 14.4. The van der Waals surface area contributed by atoms with E-state index in [1.165, 1.54) is 12.1 Å². The number of amides is 2. The zero-order valence-corrected chi connectivity index (χ0v) is 15.2. The number of fused-ring (bicyclic) bond motifs is 1. The van der Waals surface area contributed by atoms with Gasteiger partial charge in [-0.1, -0.05) is 17.7 Å². The number of anilines is 2. The quantitative estimate of drug-likeness (QED) is 0.634. The summed E-state index contributed by atoms with van der Waals surface area (Å²) in [6.07, 6.45) is 0. The highest BCUT2D eigenvalue weighted by molar-refractivity contribution is 6.30. The molecule has 9 nitrogen and oxygen atoms in total. The minimum absolute atomic E-state index is 0.0743. The summed E-state index contributed by atoms with van der Waals surface area (Å²) in [5, 5.41) is 14.1. The number of benzene rings is 1. The fraction of sp³-hybridized carbons (Fsp3) is 0.235. The number of carbonyl (C=O) groups is 2. The summed E-state index contributed by atoms with van der Waals surface area (Å²) >= 11 is 5.89. The number of hydrogen-bond acceptors (Lipinski definition) is 6. The molecule has 1 N–H and O–H groups in total. The van der Waals surface area contributed by atoms with Crippen LogP contribution in [0, 0.1) is 10.1 Å². The predicted octanol–water partition coefficient (Wildman–Crippen LogP) is 2.79. The van der Waals surface area contributed by atoms with Gasteiger partial charge in [0.1, 0.15) is 6.54 Å². The van der Waals surface area contributed by atoms with Gasteiger partial charge >= 0.3 is 5.82 Å². The van der Waals surface area contributed by atoms with Gasteiger partial charge in [-0.25, -0.2) is 0 Å². The smallest absolute Gasteiger partial charge is 0.366 e. The second-order valence-electron chi connectivity index (χ2n) is 6.31. The van der Waals surface area contributed by atoms with Crippen LogP contribution < -0.4 is 15.0 Å². The third-order valence-corrected chi connectivity index (χ3v) is 4.04. The molecule has 0 saturated carbocycles. The van der Waals surface area contributed by atoms with Gasteiger partial charge in [-0.2, -0.15) is 0 Å². The van der Waals surface area contributed by atoms with E-state index in [2.05, 4.69) is 10.3 Å². The molecular formula is C17H15ClN4O5. The molecule has 2 aromatic rings. The molecule has 27 heavy (non-hydrogen) atoms. The lowest BCUT2D eigenvalue weighted by Gasteiger charge is -2.35. The molecule has 0 aliphatic carbocycles. The molecule has 0 fully saturated rings. The van der Waals surface area contributed by atoms with Gasteiger partial charge < -0.3 is 20.2 Å². The van der Waals surface area contributed by atoms with Gasteiger partial charge in [-0.05, 0) is 48.0 Å². The normalized spacial score (nSPS) is 14.9. The van der Waals surface area contributed by atoms with E-state index in [1.807, 2.05) is 0 Å². The maximum absolute atomic E-state index is 12.7. The van der Waals surface area contributed by atoms with E-state index in [1.54, 1.807) is 38.1 Å². The van der Waals surface area contributed by atoms with Crippen LogP contribution in [-0.4, -0.2) is 33.9 Å². The molecule has 1 aromatic heterocycles. The Morgan fingerprint density at radius 1 is 1.37 bits per heavy atom. The van der Waals surface area contributed by atoms with Gasteiger partial charge in [0.15, 0.2) is 11.4 Å². The summed E-state index contributed by atoms with van der Waals surface area (Å²) in [6, 6.07) is 9.06. The molecule has 0 radical (unpaired) electrons. The first-order valence-electron chi connectivity index (χ1n) is 7.89. The maximum atomic E-state index is 12.7. The molecule has 0 unspecified atom stereocenters. The first-order valence-corrected chi connectivity index (χ1v) is 8.27. The first kappa shape index (κ1) is 18.6. The molecule has 0 spiro atoms. The summed E-state index contributed by atoms with van der Waals surface area (Å²) in [5.41, 5.74) is -0.791. The standard InChI is InChI=1S/C17H15ClN4O5/c1-17(2)16(24)21(9-14(23)19-11-5-3-4-10(18)8-11)15-12(27-17)6-7-13(20-15)22(25)26/h3-8H,9H2,1-2H3,(H,19,23). The molecular weight excluding hydrogens is 376 g/mol. The molecule has 0 saturated heterocycles. The number of nitrogens with zero attached hydrogens (tertiary/aromatic N) is 3. The van der Waals surface area contributed by atoms with Gasteiger partial charge in [0.05, 0.1) is 0 Å². The van der Waals surface area contributed by atoms with Crippen molar-refractivity contribution >= 4 is 40.7 Å². The Morgan fingerprint density at radius 3 is 2.78 bits per heavy atom. The van der Waals surface area contributed by atoms with E-state index in [4.69, 9.17) is 16.3 Å². The van der Waals surface area contributed by atoms with Crippen molar-refractivity contribution in [1.82, 2.24) is 4.98 Å². The zero-order chi connectivity index (χ0) is 19.8. The Kier molecular flexibility index (Phi) is 4.71. The number of carbonyl (C=O) groups excluding carboxylic acids is 2. The SMILES string of the molecule is CC1(C)Oc2ccc([N+](=O)[O-])nc2N(CC(=O)Nc2cccc(Cl)c2)C1=O. The number of aromatic nitrogens is 1. The number of halogens is 1. The van der Waals surface area contributed by atoms with Gasteiger partial charge in [-0.15, -0.1) is 0 Å². The van der Waals surface area contributed by atoms with Crippen molar-refractivity contribution in [3.8, 4) is 5.75 Å². The van der Waals surface area contributed by atoms with Crippen molar-refractivity contribution in [3.05, 3.63) is 51.5 Å². The van der Waals surface area contributed by atoms with Crippen LogP contribution in [0.25, 0.3) is 0 Å². The highest BCUT2D eigenvalue weighted by Crippen LogP contribution is 2.37. The van der Waals surface area contributed by atoms with Gasteiger partial charge in [0, 0.05) is 16.8 Å². The van der Waals surface area contributed by atoms with Crippen LogP contribution in [0.3, 0.4) is 0 Å². The summed E-state index contributed by atoms with van der Waals surface area (Å²) in [6.45, 7) is 2.70. The molecule has 0 atom stereocenters. The average Bonchev–Trinajstić information content (AvgIpc) is 2.58. The van der Waals surface area contributed by atoms with E-state index in [9.17, 15) is 19.7 Å². The molecule has 2 heterocycles. The molecule has 2 amide bonds. The van der Waals surface area contributed by atoms with Crippen LogP contribution in [0.2, 0.25) is 5.02 Å². The Morgan fingerprint density at radius 2 is 2.11 bits per heavy atom. The predicted molar refractivity (Wildman–Crippen MR) is 98.0 cm³/mol. The van der Waals surface area contributed by atoms with Gasteiger partial charge in [-0.3, -0.25) is 14.5 Å². The van der Waals surface area contributed by atoms with E-state index >= 15 is 0 Å². The van der Waals surface area contributed by atoms with Crippen molar-refractivity contribution in [2.75, 3.05) is 16.8 Å². The molecule has 140 valence electrons. The summed E-state index contributed by atoms with van der Waals surface area (Å²) in [5.74, 6) is -1.40. The lowest BCUT2D eigenvalue weighted by atomic mass is 10.1. The molecule has 3 rings (SSSR count). The van der Waals surface area contributed by atoms with Crippen molar-refractivity contribution in [2.24, 2.45) is 0 Å². The summed E-state index contributed by atoms with van der Waals surface area (Å²) in [7, 11) is 0. The lowest BCUT2D eigenvalue weighted by Crippen LogP contribution is -2.54. The highest BCUT2D eigenvalue weighted by Gasteiger charge is 2.45. The maximum Gasteiger partial charge on any atom is 0.366 e. The average molecular weight is 391 g/mol. The Balaban J connectivity index is 1.91. The van der Waals surface area contributed by atoms with Crippen LogP contribution in [0.1, 0.15) is 13.8 Å². The fourth-order valence-electron chi connectivity index (χ4n) is 2.60. The topological polar surface area (TPSA) is 115 Å². The molecule has 1 aromatic carbocycles. The molecule has 1 aliphatic heterocycles. The monoisotopic (exact) mass is 390 g/mol. The Bertz CT molecular complexity index is 947. The van der Waals surface area contributed by atoms with Crippen molar-refractivity contribution in [3.63, 3.8) is 0 Å². The molecule has 10 heteroatoms. The lowest BCUT2D eigenvalue weighted by molar-refractivity contribution is -0.389. The third-order valence-electron chi connectivity index (χ3n) is 3.80. The van der Waals surface area contributed by atoms with Gasteiger partial charge in [0.25, 0.3) is 11.7 Å². The highest BCUT2D eigenvalue weighted by atomic mass is 35.5. The molecule has 1 aliphatic rings. The number of hydrogen-bond donors (Lipinski definition) is 1. The van der Waals surface area contributed by atoms with Crippen molar-refractivity contribution in [2.45, 2.75) is 19.4 Å². The number of rotatable bonds is 4. The Hall–Kier alpha value is -3.20. The molecule has 0 bridgehead atoms. The minimum atomic E-state index is -1.25. The summed E-state index contributed by atoms with van der Waals surface area (Å²) < 4.78 is 5.59. The second-order valence-corrected chi connectivity index (χ2v) is 6.75. The first-order chi connectivity index (χ1) is 12.7. The minimum Gasteiger partial charge on any atom is -0.472 e. The van der Waals surface area contributed by atoms with Crippen LogP contribution in [0.4, 0.5) is 17.3 Å². The van der Waals surface area contributed by atoms with Crippen LogP contribution >= 0.6 is 11.6 Å². The number of ether oxygens (including phenoxy) is 1. The summed E-state index contributed by atoms with van der Waals surface area (Å²) in [4.78, 5) is 40.4. The Labute approximate surface area is 159 Å². The van der Waals surface area contributed by atoms with E-state index in [-0.39, 0.29) is 18.1 Å². The van der Waals surface area contributed by atoms with Gasteiger partial charge in [0.2, 0.25) is 5.91 Å². The third kappa shape index (κ3) is 3.82. The fourth-order valence-corrected chi connectivity index (χ4v) is 2.79. The van der Waals surface area contributed by atoms with E-state index < -0.39 is 28.2 Å². The van der Waals surface area contributed by atoms with Crippen molar-refractivity contribution in [1.29, 1.82) is 0 Å². The van der Waals surface area contributed by atoms with Crippen LogP contribution in [0.15, 0.2) is 36.4 Å². The number of nitrogens with one attached hydrogen (secondary N) is 1.